The smallest absolute Gasteiger partial charge is 0.167 e. The van der Waals surface area contributed by atoms with Crippen LogP contribution in [-0.2, 0) is 4.79 Å². The maximum atomic E-state index is 11.2. The lowest BCUT2D eigenvalue weighted by Crippen LogP contribution is -2.06. The molecule has 0 spiro atoms. The summed E-state index contributed by atoms with van der Waals surface area (Å²) in [6, 6.07) is 21.3. The summed E-state index contributed by atoms with van der Waals surface area (Å²) in [7, 11) is 0. The number of hydrogen-bond acceptors (Lipinski definition) is 6. The standard InChI is InChI=1S/C24H19N5O2/c1-15(30)14-31-19-6-4-5-16(12-19)23-27-22-8-3-2-7-20(22)24(28-23)26-18-9-10-21-17(11-18)13-25-29-21/h2-13H,14H2,1H3,(H,25,29)(H,26,27,28). The molecule has 7 heteroatoms. The first kappa shape index (κ1) is 18.7. The van der Waals surface area contributed by atoms with Crippen LogP contribution in [0.15, 0.2) is 72.9 Å². The lowest BCUT2D eigenvalue weighted by Gasteiger charge is -2.12. The molecular weight excluding hydrogens is 390 g/mol. The number of Topliss-reactive ketones (excluding diaryl/α,β-unsaturated/α-hetero) is 1. The summed E-state index contributed by atoms with van der Waals surface area (Å²) in [6.07, 6.45) is 1.79. The predicted molar refractivity (Wildman–Crippen MR) is 121 cm³/mol. The van der Waals surface area contributed by atoms with E-state index in [4.69, 9.17) is 14.7 Å². The van der Waals surface area contributed by atoms with Crippen molar-refractivity contribution >= 4 is 39.1 Å². The van der Waals surface area contributed by atoms with Gasteiger partial charge in [0.05, 0.1) is 17.2 Å². The third-order valence-electron chi connectivity index (χ3n) is 4.84. The van der Waals surface area contributed by atoms with E-state index >= 15 is 0 Å². The molecule has 0 aliphatic carbocycles. The Morgan fingerprint density at radius 2 is 1.94 bits per heavy atom. The van der Waals surface area contributed by atoms with Crippen LogP contribution >= 0.6 is 0 Å². The minimum atomic E-state index is -0.0339. The Bertz CT molecular complexity index is 1410. The van der Waals surface area contributed by atoms with Crippen LogP contribution in [0.5, 0.6) is 5.75 Å². The van der Waals surface area contributed by atoms with Crippen LogP contribution in [0.25, 0.3) is 33.2 Å². The molecule has 7 nitrogen and oxygen atoms in total. The Morgan fingerprint density at radius 1 is 1.03 bits per heavy atom. The predicted octanol–water partition coefficient (Wildman–Crippen LogP) is 4.88. The van der Waals surface area contributed by atoms with Crippen LogP contribution in [0.2, 0.25) is 0 Å². The van der Waals surface area contributed by atoms with Gasteiger partial charge in [-0.05, 0) is 49.4 Å². The van der Waals surface area contributed by atoms with Gasteiger partial charge in [-0.15, -0.1) is 0 Å². The molecule has 0 radical (unpaired) electrons. The second kappa shape index (κ2) is 7.87. The molecular formula is C24H19N5O2. The lowest BCUT2D eigenvalue weighted by atomic mass is 10.1. The highest BCUT2D eigenvalue weighted by molar-refractivity contribution is 5.93. The summed E-state index contributed by atoms with van der Waals surface area (Å²) < 4.78 is 5.55. The molecule has 31 heavy (non-hydrogen) atoms. The first-order valence-corrected chi connectivity index (χ1v) is 9.85. The van der Waals surface area contributed by atoms with Gasteiger partial charge in [-0.1, -0.05) is 24.3 Å². The number of benzene rings is 3. The number of para-hydroxylation sites is 1. The highest BCUT2D eigenvalue weighted by Crippen LogP contribution is 2.29. The number of nitrogens with one attached hydrogen (secondary N) is 2. The van der Waals surface area contributed by atoms with Crippen LogP contribution < -0.4 is 10.1 Å². The molecule has 0 atom stereocenters. The maximum Gasteiger partial charge on any atom is 0.167 e. The lowest BCUT2D eigenvalue weighted by molar-refractivity contribution is -0.118. The summed E-state index contributed by atoms with van der Waals surface area (Å²) in [5.41, 5.74) is 3.51. The molecule has 3 aromatic carbocycles. The zero-order valence-corrected chi connectivity index (χ0v) is 16.8. The molecule has 2 N–H and O–H groups in total. The summed E-state index contributed by atoms with van der Waals surface area (Å²) in [5, 5.41) is 12.4. The number of anilines is 2. The van der Waals surface area contributed by atoms with Crippen molar-refractivity contribution in [1.82, 2.24) is 20.2 Å². The fourth-order valence-corrected chi connectivity index (χ4v) is 3.37. The Morgan fingerprint density at radius 3 is 2.84 bits per heavy atom. The van der Waals surface area contributed by atoms with Gasteiger partial charge in [0.25, 0.3) is 0 Å². The number of hydrogen-bond donors (Lipinski definition) is 2. The third kappa shape index (κ3) is 3.93. The van der Waals surface area contributed by atoms with Crippen molar-refractivity contribution in [2.45, 2.75) is 6.92 Å². The van der Waals surface area contributed by atoms with Crippen LogP contribution in [0, 0.1) is 0 Å². The molecule has 0 aliphatic heterocycles. The van der Waals surface area contributed by atoms with Gasteiger partial charge in [0.2, 0.25) is 0 Å². The van der Waals surface area contributed by atoms with Crippen molar-refractivity contribution in [2.75, 3.05) is 11.9 Å². The Labute approximate surface area is 178 Å². The van der Waals surface area contributed by atoms with Gasteiger partial charge in [-0.2, -0.15) is 5.10 Å². The third-order valence-corrected chi connectivity index (χ3v) is 4.84. The van der Waals surface area contributed by atoms with Crippen LogP contribution in [0.3, 0.4) is 0 Å². The first-order chi connectivity index (χ1) is 15.2. The van der Waals surface area contributed by atoms with Crippen molar-refractivity contribution in [3.63, 3.8) is 0 Å². The number of ketones is 1. The van der Waals surface area contributed by atoms with E-state index in [-0.39, 0.29) is 12.4 Å². The summed E-state index contributed by atoms with van der Waals surface area (Å²) in [4.78, 5) is 20.8. The Balaban J connectivity index is 1.56. The molecule has 5 rings (SSSR count). The summed E-state index contributed by atoms with van der Waals surface area (Å²) in [6.45, 7) is 1.53. The van der Waals surface area contributed by atoms with E-state index in [2.05, 4.69) is 15.5 Å². The molecule has 152 valence electrons. The zero-order chi connectivity index (χ0) is 21.2. The average Bonchev–Trinajstić information content (AvgIpc) is 3.26. The van der Waals surface area contributed by atoms with Crippen molar-refractivity contribution < 1.29 is 9.53 Å². The van der Waals surface area contributed by atoms with Crippen molar-refractivity contribution in [2.24, 2.45) is 0 Å². The molecule has 0 aliphatic rings. The van der Waals surface area contributed by atoms with Crippen LogP contribution in [0.4, 0.5) is 11.5 Å². The van der Waals surface area contributed by atoms with E-state index < -0.39 is 0 Å². The zero-order valence-electron chi connectivity index (χ0n) is 16.8. The van der Waals surface area contributed by atoms with E-state index in [1.807, 2.05) is 66.7 Å². The molecule has 5 aromatic rings. The second-order valence-corrected chi connectivity index (χ2v) is 7.23. The van der Waals surface area contributed by atoms with E-state index in [1.165, 1.54) is 6.92 Å². The van der Waals surface area contributed by atoms with E-state index in [0.717, 1.165) is 33.1 Å². The normalized spacial score (nSPS) is 11.0. The highest BCUT2D eigenvalue weighted by atomic mass is 16.5. The SMILES string of the molecule is CC(=O)COc1cccc(-c2nc(Nc3ccc4[nH]ncc4c3)c3ccccc3n2)c1. The number of carbonyl (C=O) groups excluding carboxylic acids is 1. The van der Waals surface area contributed by atoms with Gasteiger partial charge in [0.1, 0.15) is 18.2 Å². The molecule has 0 unspecified atom stereocenters. The van der Waals surface area contributed by atoms with E-state index in [0.29, 0.717) is 17.4 Å². The van der Waals surface area contributed by atoms with Crippen molar-refractivity contribution in [1.29, 1.82) is 0 Å². The van der Waals surface area contributed by atoms with Gasteiger partial charge < -0.3 is 10.1 Å². The molecule has 2 heterocycles. The number of nitrogens with zero attached hydrogens (tertiary/aromatic N) is 3. The van der Waals surface area contributed by atoms with Gasteiger partial charge in [-0.25, -0.2) is 9.97 Å². The fraction of sp³-hybridized carbons (Fsp3) is 0.0833. The summed E-state index contributed by atoms with van der Waals surface area (Å²) in [5.74, 6) is 1.84. The molecule has 0 saturated heterocycles. The number of fused-ring (bicyclic) bond motifs is 2. The van der Waals surface area contributed by atoms with Crippen LogP contribution in [0.1, 0.15) is 6.92 Å². The molecule has 0 saturated carbocycles. The average molecular weight is 409 g/mol. The summed E-state index contributed by atoms with van der Waals surface area (Å²) >= 11 is 0. The van der Waals surface area contributed by atoms with Gasteiger partial charge in [0, 0.05) is 22.0 Å². The van der Waals surface area contributed by atoms with Gasteiger partial charge in [0.15, 0.2) is 11.6 Å². The quantitative estimate of drug-likeness (QED) is 0.415. The second-order valence-electron chi connectivity index (χ2n) is 7.23. The highest BCUT2D eigenvalue weighted by Gasteiger charge is 2.11. The number of rotatable bonds is 6. The first-order valence-electron chi connectivity index (χ1n) is 9.85. The molecule has 0 amide bonds. The van der Waals surface area contributed by atoms with E-state index in [9.17, 15) is 4.79 Å². The number of carbonyl (C=O) groups is 1. The topological polar surface area (TPSA) is 92.8 Å². The van der Waals surface area contributed by atoms with Gasteiger partial charge >= 0.3 is 0 Å². The van der Waals surface area contributed by atoms with Crippen molar-refractivity contribution in [3.05, 3.63) is 72.9 Å². The monoisotopic (exact) mass is 409 g/mol. The van der Waals surface area contributed by atoms with E-state index in [1.54, 1.807) is 6.20 Å². The largest absolute Gasteiger partial charge is 0.486 e. The van der Waals surface area contributed by atoms with Crippen LogP contribution in [-0.4, -0.2) is 32.6 Å². The molecule has 0 bridgehead atoms. The Hall–Kier alpha value is -4.26. The Kier molecular flexibility index (Phi) is 4.76. The van der Waals surface area contributed by atoms with Crippen molar-refractivity contribution in [3.8, 4) is 17.1 Å². The number of aromatic nitrogens is 4. The number of ether oxygens (including phenoxy) is 1. The fourth-order valence-electron chi connectivity index (χ4n) is 3.37. The minimum Gasteiger partial charge on any atom is -0.486 e. The number of H-pyrrole nitrogens is 1. The number of aromatic amines is 1. The molecule has 0 fully saturated rings. The van der Waals surface area contributed by atoms with Gasteiger partial charge in [-0.3, -0.25) is 9.89 Å². The minimum absolute atomic E-state index is 0.0331. The maximum absolute atomic E-state index is 11.2. The molecule has 2 aromatic heterocycles.